The molecule has 0 amide bonds. The monoisotopic (exact) mass is 2040 g/mol. The molecule has 0 heterocycles. The van der Waals surface area contributed by atoms with Crippen molar-refractivity contribution in [2.24, 2.45) is 39.9 Å². The average Bonchev–Trinajstić information content (AvgIpc) is 1.60. The van der Waals surface area contributed by atoms with Crippen LogP contribution in [0.25, 0.3) is 21.5 Å². The molecule has 0 bridgehead atoms. The molecule has 0 saturated heterocycles. The first-order valence-electron chi connectivity index (χ1n) is 50.3. The van der Waals surface area contributed by atoms with E-state index < -0.39 is 0 Å². The summed E-state index contributed by atoms with van der Waals surface area (Å²) in [5.41, 5.74) is 40.2. The van der Waals surface area contributed by atoms with Gasteiger partial charge < -0.3 is 7.43 Å². The van der Waals surface area contributed by atoms with Gasteiger partial charge in [-0.2, -0.15) is 0 Å². The predicted octanol–water partition coefficient (Wildman–Crippen LogP) is 37.1. The van der Waals surface area contributed by atoms with Crippen LogP contribution >= 0.6 is 0 Å². The third kappa shape index (κ3) is 27.5. The molecule has 2 aliphatic carbocycles. The third-order valence-corrected chi connectivity index (χ3v) is 26.5. The van der Waals surface area contributed by atoms with E-state index in [0.717, 1.165) is 79.8 Å². The molecule has 0 aromatic heterocycles. The number of rotatable bonds is 26. The van der Waals surface area contributed by atoms with Gasteiger partial charge in [0.05, 0.1) is 79.8 Å². The van der Waals surface area contributed by atoms with Crippen LogP contribution in [0.5, 0.6) is 0 Å². The van der Waals surface area contributed by atoms with Crippen molar-refractivity contribution in [3.8, 4) is 0 Å². The van der Waals surface area contributed by atoms with Crippen LogP contribution in [0, 0.1) is 7.43 Å². The van der Waals surface area contributed by atoms with E-state index >= 15 is 0 Å². The molecule has 0 spiro atoms. The zero-order valence-corrected chi connectivity index (χ0v) is 94.5. The fourth-order valence-corrected chi connectivity index (χ4v) is 18.8. The van der Waals surface area contributed by atoms with E-state index in [4.69, 9.17) is 39.9 Å². The summed E-state index contributed by atoms with van der Waals surface area (Å²) < 4.78 is 0. The minimum absolute atomic E-state index is 0. The Bertz CT molecular complexity index is 5610. The van der Waals surface area contributed by atoms with E-state index in [1.807, 2.05) is 12.4 Å². The van der Waals surface area contributed by atoms with Crippen molar-refractivity contribution in [3.05, 3.63) is 337 Å². The Labute approximate surface area is 879 Å². The molecule has 14 rings (SSSR count). The molecule has 8 nitrogen and oxygen atoms in total. The van der Waals surface area contributed by atoms with Crippen LogP contribution < -0.4 is 0 Å². The van der Waals surface area contributed by atoms with Gasteiger partial charge in [0.15, 0.2) is 0 Å². The first-order chi connectivity index (χ1) is 63.6. The first kappa shape index (κ1) is 118. The van der Waals surface area contributed by atoms with Gasteiger partial charge in [0, 0.05) is 45.5 Å². The van der Waals surface area contributed by atoms with Gasteiger partial charge >= 0.3 is 66.0 Å². The van der Waals surface area contributed by atoms with Crippen molar-refractivity contribution in [2.45, 2.75) is 330 Å². The van der Waals surface area contributed by atoms with Crippen LogP contribution in [0.15, 0.2) is 258 Å². The minimum atomic E-state index is 0. The summed E-state index contributed by atoms with van der Waals surface area (Å²) in [5.74, 6) is 6.51. The van der Waals surface area contributed by atoms with Crippen molar-refractivity contribution in [1.29, 1.82) is 0 Å². The van der Waals surface area contributed by atoms with E-state index in [-0.39, 0.29) is 73.4 Å². The molecule has 139 heavy (non-hydrogen) atoms. The number of nitrogens with zero attached hydrogens (tertiary/aromatic N) is 8. The molecule has 0 unspecified atom stereocenters. The summed E-state index contributed by atoms with van der Waals surface area (Å²) in [4.78, 5) is 42.2. The van der Waals surface area contributed by atoms with Gasteiger partial charge in [-0.15, -0.1) is 0 Å². The Morgan fingerprint density at radius 1 is 0.187 bits per heavy atom. The average molecular weight is 2040 g/mol. The molecule has 0 radical (unpaired) electrons. The maximum atomic E-state index is 5.55. The molecular weight excluding hydrogens is 1870 g/mol. The number of aliphatic imine (C=N–C) groups is 8. The van der Waals surface area contributed by atoms with Crippen LogP contribution in [0.3, 0.4) is 0 Å². The Kier molecular flexibility index (Phi) is 45.1. The van der Waals surface area contributed by atoms with E-state index in [1.54, 1.807) is 0 Å². The Hall–Kier alpha value is -9.51. The van der Waals surface area contributed by atoms with E-state index in [0.29, 0.717) is 94.7 Å². The summed E-state index contributed by atoms with van der Waals surface area (Å²) >= 11 is 0. The molecule has 2 aliphatic rings. The second-order valence-electron chi connectivity index (χ2n) is 42.0. The van der Waals surface area contributed by atoms with Gasteiger partial charge in [0.25, 0.3) is 0 Å². The van der Waals surface area contributed by atoms with Gasteiger partial charge in [-0.1, -0.05) is 440 Å². The molecule has 0 saturated carbocycles. The second-order valence-corrected chi connectivity index (χ2v) is 42.0. The fraction of sp³-hybridized carbons (Fsp3) is 0.394. The van der Waals surface area contributed by atoms with E-state index in [1.165, 1.54) is 133 Å². The molecule has 12 aromatic carbocycles. The fourth-order valence-electron chi connectivity index (χ4n) is 18.8. The van der Waals surface area contributed by atoms with Crippen molar-refractivity contribution in [1.82, 2.24) is 0 Å². The van der Waals surface area contributed by atoms with E-state index in [2.05, 4.69) is 454 Å². The molecule has 0 aliphatic heterocycles. The van der Waals surface area contributed by atoms with Gasteiger partial charge in [0.1, 0.15) is 0 Å². The van der Waals surface area contributed by atoms with Crippen LogP contribution in [0.1, 0.15) is 441 Å². The zero-order chi connectivity index (χ0) is 97.7. The SMILES string of the molecule is CC(=Nc1c(C(C)C)cccc1C(C)C)C(C)=Nc1c(C(C)C)cccc1C(C)C.CC(C)c1cccc(C(C)C)c1N=C1C(=Nc2c(C(C)C)cccc2C(C)C)c2cccc3cccc1c23.CC(C)c1cccc(C(C)C)c1N=C1C(=Nc2c(C(C)C)cccc2C(C)C)c2cccc3cccc1c23.CC(C)c1cccc(C(C)C)c1N=CC=Nc1c(C(C)C)cccc1C(C)C.[CH3-].[NiH2].[NiH2].[NiH2].[NiH]. The number of benzene rings is 12. The summed E-state index contributed by atoms with van der Waals surface area (Å²) in [6.07, 6.45) is 3.71. The molecule has 0 N–H and O–H groups in total. The van der Waals surface area contributed by atoms with Crippen molar-refractivity contribution < 1.29 is 66.0 Å². The van der Waals surface area contributed by atoms with E-state index in [9.17, 15) is 0 Å². The normalized spacial score (nSPS) is 13.8. The Morgan fingerprint density at radius 3 is 0.460 bits per heavy atom. The van der Waals surface area contributed by atoms with Crippen molar-refractivity contribution in [2.75, 3.05) is 0 Å². The summed E-state index contributed by atoms with van der Waals surface area (Å²) in [5, 5.41) is 4.99. The topological polar surface area (TPSA) is 98.9 Å². The molecule has 0 atom stereocenters. The molecular formula is C127H166N8Ni4-. The quantitative estimate of drug-likeness (QED) is 0.0293. The standard InChI is InChI=1S/2C36H40N2.C28H40N2.C26H36N2.CH3.4Ni.7H/c2*1-21(2)26-15-11-16-27(22(3)4)33(26)37-35-30-19-9-13-25-14-10-20-31(32(25)30)36(35)38-34-28(23(5)6)17-12-18-29(34)24(7)8;1-17(2)23-13-11-14-24(18(3)4)27(23)29-21(9)22(10)30-28-25(19(5)6)15-12-16-26(28)20(7)8;1-17(2)21-11-9-12-22(18(3)4)25(21)27-15-16-28-26-23(19(5)6)13-10-14-24(26)20(7)8;;;;;;;;;;;;/h2*9-24H,1-8H3;11-20H,1-10H3;9-20H,1-8H3;1H3;;;;;;;;;;;/q;;;;-1;;;;;;;;;;;. The zero-order valence-electron chi connectivity index (χ0n) is 90.1. The second kappa shape index (κ2) is 53.0. The summed E-state index contributed by atoms with van der Waals surface area (Å²) in [6.45, 7) is 76.0. The molecule has 755 valence electrons. The van der Waals surface area contributed by atoms with Gasteiger partial charge in [0.2, 0.25) is 0 Å². The number of para-hydroxylation sites is 8. The van der Waals surface area contributed by atoms with Crippen LogP contribution in [0.4, 0.5) is 45.5 Å². The summed E-state index contributed by atoms with van der Waals surface area (Å²) in [6, 6.07) is 79.1. The van der Waals surface area contributed by atoms with Crippen LogP contribution in [-0.4, -0.2) is 46.7 Å². The Morgan fingerprint density at radius 2 is 0.317 bits per heavy atom. The van der Waals surface area contributed by atoms with Crippen LogP contribution in [0.2, 0.25) is 0 Å². The Balaban J connectivity index is 0.000000283. The van der Waals surface area contributed by atoms with Crippen molar-refractivity contribution in [3.63, 3.8) is 0 Å². The predicted molar refractivity (Wildman–Crippen MR) is 608 cm³/mol. The van der Waals surface area contributed by atoms with Crippen LogP contribution in [-0.2, 0) is 66.0 Å². The third-order valence-electron chi connectivity index (χ3n) is 26.5. The maximum absolute atomic E-state index is 5.55. The number of hydrogen-bond acceptors (Lipinski definition) is 8. The molecule has 12 heteroatoms. The van der Waals surface area contributed by atoms with Crippen molar-refractivity contribution >= 4 is 114 Å². The number of hydrogen-bond donors (Lipinski definition) is 0. The van der Waals surface area contributed by atoms with Gasteiger partial charge in [-0.25, -0.2) is 20.0 Å². The first-order valence-corrected chi connectivity index (χ1v) is 50.3. The molecule has 12 aromatic rings. The summed E-state index contributed by atoms with van der Waals surface area (Å²) in [7, 11) is 0. The van der Waals surface area contributed by atoms with Gasteiger partial charge in [-0.3, -0.25) is 20.0 Å². The van der Waals surface area contributed by atoms with Gasteiger partial charge in [-0.05, 0) is 208 Å². The molecule has 0 fully saturated rings.